The average Bonchev–Trinajstić information content (AvgIpc) is 2.66. The van der Waals surface area contributed by atoms with Crippen LogP contribution in [0.4, 0.5) is 0 Å². The number of aromatic nitrogens is 3. The van der Waals surface area contributed by atoms with Gasteiger partial charge in [0.25, 0.3) is 0 Å². The highest BCUT2D eigenvalue weighted by molar-refractivity contribution is 5.33. The summed E-state index contributed by atoms with van der Waals surface area (Å²) < 4.78 is 0. The van der Waals surface area contributed by atoms with E-state index in [1.165, 1.54) is 11.1 Å². The van der Waals surface area contributed by atoms with Crippen molar-refractivity contribution in [3.05, 3.63) is 100 Å². The number of allylic oxidation sites excluding steroid dienone is 2. The number of rotatable bonds is 6. The molecule has 0 atom stereocenters. The van der Waals surface area contributed by atoms with Crippen molar-refractivity contribution >= 4 is 0 Å². The van der Waals surface area contributed by atoms with Gasteiger partial charge in [0.05, 0.1) is 0 Å². The largest absolute Gasteiger partial charge is 0.402 e. The highest BCUT2D eigenvalue weighted by Crippen LogP contribution is 2.20. The highest BCUT2D eigenvalue weighted by Gasteiger charge is 2.13. The predicted octanol–water partition coefficient (Wildman–Crippen LogP) is 4.20. The lowest BCUT2D eigenvalue weighted by molar-refractivity contribution is 0.878. The number of aryl methyl sites for hydroxylation is 3. The number of nitrogens with zero attached hydrogens (tertiary/aromatic N) is 3. The van der Waals surface area contributed by atoms with Gasteiger partial charge >= 0.3 is 0 Å². The molecule has 0 aliphatic rings. The Bertz CT molecular complexity index is 913. The minimum Gasteiger partial charge on any atom is -0.402 e. The van der Waals surface area contributed by atoms with Gasteiger partial charge in [-0.3, -0.25) is 15.0 Å². The van der Waals surface area contributed by atoms with Gasteiger partial charge in [-0.1, -0.05) is 18.2 Å². The molecular formula is C23H29N5. The summed E-state index contributed by atoms with van der Waals surface area (Å²) in [6.45, 7) is 6.25. The fourth-order valence-corrected chi connectivity index (χ4v) is 3.11. The lowest BCUT2D eigenvalue weighted by atomic mass is 9.96. The van der Waals surface area contributed by atoms with Gasteiger partial charge in [0.15, 0.2) is 0 Å². The molecule has 0 unspecified atom stereocenters. The second-order valence-electron chi connectivity index (χ2n) is 6.96. The molecule has 0 saturated carbocycles. The third kappa shape index (κ3) is 5.24. The van der Waals surface area contributed by atoms with Gasteiger partial charge in [0.2, 0.25) is 0 Å². The van der Waals surface area contributed by atoms with E-state index in [0.29, 0.717) is 6.42 Å². The summed E-state index contributed by atoms with van der Waals surface area (Å²) in [4.78, 5) is 13.6. The molecule has 0 saturated heterocycles. The number of pyridine rings is 3. The Morgan fingerprint density at radius 2 is 1.04 bits per heavy atom. The second kappa shape index (κ2) is 9.76. The van der Waals surface area contributed by atoms with Crippen LogP contribution in [0.5, 0.6) is 0 Å². The molecule has 0 aliphatic carbocycles. The molecule has 0 spiro atoms. The molecule has 3 aromatic heterocycles. The molecule has 3 aromatic rings. The Labute approximate surface area is 167 Å². The highest BCUT2D eigenvalue weighted by atomic mass is 14.7. The Morgan fingerprint density at radius 3 is 1.39 bits per heavy atom. The van der Waals surface area contributed by atoms with Crippen LogP contribution in [0.1, 0.15) is 33.8 Å². The summed E-state index contributed by atoms with van der Waals surface area (Å²) >= 11 is 0. The Morgan fingerprint density at radius 1 is 0.679 bits per heavy atom. The standard InChI is InChI=1S/C23H26N4.H3N/c1-16-7-4-10-25-21(16)13-19(14-22-17(2)8-5-11-26-22)20(24)15-23-18(3)9-6-12-27-23;/h4-12H,13-15,24H2,1-3H3;1H3. The summed E-state index contributed by atoms with van der Waals surface area (Å²) in [7, 11) is 0. The molecule has 0 aliphatic heterocycles. The zero-order chi connectivity index (χ0) is 19.2. The molecule has 5 nitrogen and oxygen atoms in total. The van der Waals surface area contributed by atoms with Crippen LogP contribution in [-0.4, -0.2) is 15.0 Å². The van der Waals surface area contributed by atoms with E-state index in [0.717, 1.165) is 46.8 Å². The van der Waals surface area contributed by atoms with E-state index >= 15 is 0 Å². The number of hydrogen-bond acceptors (Lipinski definition) is 5. The number of hydrogen-bond donors (Lipinski definition) is 2. The van der Waals surface area contributed by atoms with Crippen LogP contribution in [-0.2, 0) is 19.3 Å². The molecular weight excluding hydrogens is 346 g/mol. The third-order valence-corrected chi connectivity index (χ3v) is 4.93. The molecule has 146 valence electrons. The Hall–Kier alpha value is -3.05. The SMILES string of the molecule is Cc1cccnc1CC(N)=C(Cc1ncccc1C)Cc1ncccc1C.N. The van der Waals surface area contributed by atoms with Crippen LogP contribution in [0.3, 0.4) is 0 Å². The summed E-state index contributed by atoms with van der Waals surface area (Å²) in [5.74, 6) is 0. The fraction of sp³-hybridized carbons (Fsp3) is 0.261. The number of nitrogens with two attached hydrogens (primary N) is 1. The minimum atomic E-state index is 0. The maximum Gasteiger partial charge on any atom is 0.0491 e. The quantitative estimate of drug-likeness (QED) is 0.672. The summed E-state index contributed by atoms with van der Waals surface area (Å²) in [5, 5.41) is 0. The van der Waals surface area contributed by atoms with Crippen LogP contribution in [0.15, 0.2) is 66.3 Å². The van der Waals surface area contributed by atoms with E-state index in [1.807, 2.05) is 36.8 Å². The van der Waals surface area contributed by atoms with Crippen molar-refractivity contribution in [3.8, 4) is 0 Å². The molecule has 3 heterocycles. The molecule has 3 rings (SSSR count). The summed E-state index contributed by atoms with van der Waals surface area (Å²) in [5.41, 5.74) is 15.2. The van der Waals surface area contributed by atoms with Gasteiger partial charge in [-0.15, -0.1) is 0 Å². The second-order valence-corrected chi connectivity index (χ2v) is 6.96. The van der Waals surface area contributed by atoms with Gasteiger partial charge in [0, 0.05) is 60.6 Å². The molecule has 0 amide bonds. The van der Waals surface area contributed by atoms with E-state index in [1.54, 1.807) is 0 Å². The summed E-state index contributed by atoms with van der Waals surface area (Å²) in [6.07, 6.45) is 7.58. The smallest absolute Gasteiger partial charge is 0.0491 e. The Balaban J connectivity index is 0.00000280. The maximum atomic E-state index is 6.60. The predicted molar refractivity (Wildman–Crippen MR) is 114 cm³/mol. The van der Waals surface area contributed by atoms with Crippen molar-refractivity contribution in [2.45, 2.75) is 40.0 Å². The zero-order valence-electron chi connectivity index (χ0n) is 16.9. The topological polar surface area (TPSA) is 99.7 Å². The van der Waals surface area contributed by atoms with Crippen molar-refractivity contribution in [3.63, 3.8) is 0 Å². The minimum absolute atomic E-state index is 0. The lowest BCUT2D eigenvalue weighted by Gasteiger charge is -2.15. The molecule has 28 heavy (non-hydrogen) atoms. The molecule has 0 bridgehead atoms. The van der Waals surface area contributed by atoms with Crippen LogP contribution in [0.2, 0.25) is 0 Å². The molecule has 0 fully saturated rings. The van der Waals surface area contributed by atoms with E-state index in [-0.39, 0.29) is 6.15 Å². The van der Waals surface area contributed by atoms with Crippen LogP contribution in [0, 0.1) is 20.8 Å². The molecule has 0 radical (unpaired) electrons. The third-order valence-electron chi connectivity index (χ3n) is 4.93. The van der Waals surface area contributed by atoms with Gasteiger partial charge in [-0.05, 0) is 61.2 Å². The van der Waals surface area contributed by atoms with Crippen LogP contribution in [0.25, 0.3) is 0 Å². The first kappa shape index (κ1) is 21.3. The lowest BCUT2D eigenvalue weighted by Crippen LogP contribution is -2.13. The van der Waals surface area contributed by atoms with Gasteiger partial charge < -0.3 is 11.9 Å². The van der Waals surface area contributed by atoms with Crippen molar-refractivity contribution in [1.82, 2.24) is 21.1 Å². The molecule has 0 aromatic carbocycles. The van der Waals surface area contributed by atoms with Crippen LogP contribution >= 0.6 is 0 Å². The maximum absolute atomic E-state index is 6.60. The van der Waals surface area contributed by atoms with Crippen LogP contribution < -0.4 is 11.9 Å². The van der Waals surface area contributed by atoms with Crippen molar-refractivity contribution < 1.29 is 0 Å². The average molecular weight is 376 g/mol. The normalized spacial score (nSPS) is 10.2. The monoisotopic (exact) mass is 375 g/mol. The van der Waals surface area contributed by atoms with Gasteiger partial charge in [0.1, 0.15) is 0 Å². The van der Waals surface area contributed by atoms with Gasteiger partial charge in [-0.2, -0.15) is 0 Å². The van der Waals surface area contributed by atoms with Gasteiger partial charge in [-0.25, -0.2) is 0 Å². The van der Waals surface area contributed by atoms with E-state index in [4.69, 9.17) is 5.73 Å². The van der Waals surface area contributed by atoms with Crippen molar-refractivity contribution in [1.29, 1.82) is 0 Å². The fourth-order valence-electron chi connectivity index (χ4n) is 3.11. The Kier molecular flexibility index (Phi) is 7.41. The first-order chi connectivity index (χ1) is 13.0. The summed E-state index contributed by atoms with van der Waals surface area (Å²) in [6, 6.07) is 12.1. The first-order valence-corrected chi connectivity index (χ1v) is 9.22. The first-order valence-electron chi connectivity index (χ1n) is 9.22. The zero-order valence-corrected chi connectivity index (χ0v) is 16.9. The molecule has 5 N–H and O–H groups in total. The van der Waals surface area contributed by atoms with E-state index < -0.39 is 0 Å². The van der Waals surface area contributed by atoms with Crippen molar-refractivity contribution in [2.24, 2.45) is 5.73 Å². The van der Waals surface area contributed by atoms with E-state index in [2.05, 4.69) is 53.9 Å². The van der Waals surface area contributed by atoms with E-state index in [9.17, 15) is 0 Å². The molecule has 5 heteroatoms. The van der Waals surface area contributed by atoms with Crippen molar-refractivity contribution in [2.75, 3.05) is 0 Å².